The third kappa shape index (κ3) is 4.79. The lowest BCUT2D eigenvalue weighted by atomic mass is 9.93. The number of carbonyl (C=O) groups is 1. The predicted molar refractivity (Wildman–Crippen MR) is 94.0 cm³/mol. The molecule has 1 saturated heterocycles. The molecule has 0 radical (unpaired) electrons. The van der Waals surface area contributed by atoms with Crippen LogP contribution >= 0.6 is 0 Å². The highest BCUT2D eigenvalue weighted by atomic mass is 19.1. The van der Waals surface area contributed by atoms with Crippen molar-refractivity contribution in [1.29, 1.82) is 0 Å². The van der Waals surface area contributed by atoms with E-state index in [0.717, 1.165) is 37.9 Å². The molecule has 0 unspecified atom stereocenters. The van der Waals surface area contributed by atoms with Crippen LogP contribution in [0.4, 0.5) is 4.39 Å². The molecule has 2 aliphatic rings. The van der Waals surface area contributed by atoms with E-state index in [4.69, 9.17) is 0 Å². The number of piperidine rings is 1. The lowest BCUT2D eigenvalue weighted by Gasteiger charge is -2.30. The Labute approximate surface area is 144 Å². The summed E-state index contributed by atoms with van der Waals surface area (Å²) in [6, 6.07) is 7.01. The Morgan fingerprint density at radius 3 is 2.62 bits per heavy atom. The van der Waals surface area contributed by atoms with Gasteiger partial charge in [0.2, 0.25) is 5.91 Å². The van der Waals surface area contributed by atoms with Crippen LogP contribution in [0.3, 0.4) is 0 Å². The Bertz CT molecular complexity index is 536. The van der Waals surface area contributed by atoms with Crippen LogP contribution in [0.15, 0.2) is 24.3 Å². The van der Waals surface area contributed by atoms with Crippen molar-refractivity contribution in [3.63, 3.8) is 0 Å². The van der Waals surface area contributed by atoms with E-state index in [1.807, 2.05) is 11.0 Å². The molecule has 1 amide bonds. The number of nitrogens with zero attached hydrogens (tertiary/aromatic N) is 1. The topological polar surface area (TPSA) is 32.3 Å². The number of hydrogen-bond donors (Lipinski definition) is 1. The molecule has 1 aliphatic heterocycles. The van der Waals surface area contributed by atoms with E-state index in [1.165, 1.54) is 31.7 Å². The van der Waals surface area contributed by atoms with Gasteiger partial charge in [-0.3, -0.25) is 4.79 Å². The summed E-state index contributed by atoms with van der Waals surface area (Å²) in [5.74, 6) is 0.709. The van der Waals surface area contributed by atoms with Crippen LogP contribution in [0.25, 0.3) is 0 Å². The van der Waals surface area contributed by atoms with Crippen LogP contribution in [0.5, 0.6) is 0 Å². The molecule has 0 bridgehead atoms. The van der Waals surface area contributed by atoms with Crippen LogP contribution in [0.2, 0.25) is 0 Å². The van der Waals surface area contributed by atoms with Crippen LogP contribution in [-0.4, -0.2) is 29.9 Å². The van der Waals surface area contributed by atoms with Gasteiger partial charge in [-0.05, 0) is 68.8 Å². The van der Waals surface area contributed by atoms with E-state index in [1.54, 1.807) is 12.1 Å². The zero-order valence-corrected chi connectivity index (χ0v) is 14.5. The van der Waals surface area contributed by atoms with Gasteiger partial charge in [-0.25, -0.2) is 4.39 Å². The maximum Gasteiger partial charge on any atom is 0.223 e. The first kappa shape index (κ1) is 17.4. The SMILES string of the molecule is O=C(CCC1CCNCC1)N(Cc1cccc(F)c1)C1CCCC1. The number of amides is 1. The third-order valence-corrected chi connectivity index (χ3v) is 5.55. The van der Waals surface area contributed by atoms with E-state index in [0.29, 0.717) is 24.9 Å². The Morgan fingerprint density at radius 2 is 1.92 bits per heavy atom. The summed E-state index contributed by atoms with van der Waals surface area (Å²) >= 11 is 0. The van der Waals surface area contributed by atoms with E-state index in [2.05, 4.69) is 5.32 Å². The van der Waals surface area contributed by atoms with E-state index in [9.17, 15) is 9.18 Å². The molecule has 1 aromatic carbocycles. The second kappa shape index (κ2) is 8.61. The summed E-state index contributed by atoms with van der Waals surface area (Å²) < 4.78 is 13.5. The van der Waals surface area contributed by atoms with E-state index in [-0.39, 0.29) is 11.7 Å². The Balaban J connectivity index is 1.61. The standard InChI is InChI=1S/C20H29FN2O/c21-18-5-3-4-17(14-18)15-23(19-6-1-2-7-19)20(24)9-8-16-10-12-22-13-11-16/h3-5,14,16,19,22H,1-2,6-13,15H2. The van der Waals surface area contributed by atoms with Gasteiger partial charge in [-0.2, -0.15) is 0 Å². The van der Waals surface area contributed by atoms with Gasteiger partial charge < -0.3 is 10.2 Å². The average molecular weight is 332 g/mol. The van der Waals surface area contributed by atoms with Gasteiger partial charge in [-0.1, -0.05) is 25.0 Å². The normalized spacial score (nSPS) is 19.5. The number of carbonyl (C=O) groups excluding carboxylic acids is 1. The van der Waals surface area contributed by atoms with Crippen LogP contribution < -0.4 is 5.32 Å². The summed E-state index contributed by atoms with van der Waals surface area (Å²) in [5, 5.41) is 3.38. The minimum absolute atomic E-state index is 0.221. The molecule has 24 heavy (non-hydrogen) atoms. The number of halogens is 1. The molecule has 3 rings (SSSR count). The summed E-state index contributed by atoms with van der Waals surface area (Å²) in [6.45, 7) is 2.70. The molecule has 0 spiro atoms. The van der Waals surface area contributed by atoms with Gasteiger partial charge in [0.15, 0.2) is 0 Å². The molecule has 0 atom stereocenters. The summed E-state index contributed by atoms with van der Waals surface area (Å²) in [7, 11) is 0. The predicted octanol–water partition coefficient (Wildman–Crippen LogP) is 3.88. The number of nitrogens with one attached hydrogen (secondary N) is 1. The van der Waals surface area contributed by atoms with Crippen molar-refractivity contribution < 1.29 is 9.18 Å². The van der Waals surface area contributed by atoms with E-state index >= 15 is 0 Å². The first-order chi connectivity index (χ1) is 11.7. The molecule has 3 nitrogen and oxygen atoms in total. The van der Waals surface area contributed by atoms with Crippen molar-refractivity contribution in [1.82, 2.24) is 10.2 Å². The largest absolute Gasteiger partial charge is 0.335 e. The van der Waals surface area contributed by atoms with Gasteiger partial charge >= 0.3 is 0 Å². The van der Waals surface area contributed by atoms with Crippen molar-refractivity contribution in [2.45, 2.75) is 64.0 Å². The Hall–Kier alpha value is -1.42. The quantitative estimate of drug-likeness (QED) is 0.857. The van der Waals surface area contributed by atoms with Gasteiger partial charge in [0.1, 0.15) is 5.82 Å². The second-order valence-electron chi connectivity index (χ2n) is 7.32. The number of benzene rings is 1. The summed E-state index contributed by atoms with van der Waals surface area (Å²) in [5.41, 5.74) is 0.900. The Kier molecular flexibility index (Phi) is 6.24. The summed E-state index contributed by atoms with van der Waals surface area (Å²) in [4.78, 5) is 14.9. The molecule has 2 fully saturated rings. The fourth-order valence-electron chi connectivity index (χ4n) is 4.11. The first-order valence-corrected chi connectivity index (χ1v) is 9.47. The van der Waals surface area contributed by atoms with Crippen molar-refractivity contribution in [2.75, 3.05) is 13.1 Å². The molecule has 1 saturated carbocycles. The van der Waals surface area contributed by atoms with Gasteiger partial charge in [0, 0.05) is 19.0 Å². The molecule has 1 N–H and O–H groups in total. The van der Waals surface area contributed by atoms with Gasteiger partial charge in [0.25, 0.3) is 0 Å². The zero-order chi connectivity index (χ0) is 16.8. The molecule has 132 valence electrons. The Morgan fingerprint density at radius 1 is 1.17 bits per heavy atom. The second-order valence-corrected chi connectivity index (χ2v) is 7.32. The van der Waals surface area contributed by atoms with Crippen LogP contribution in [0, 0.1) is 11.7 Å². The molecule has 4 heteroatoms. The number of hydrogen-bond acceptors (Lipinski definition) is 2. The molecule has 1 aromatic rings. The minimum Gasteiger partial charge on any atom is -0.335 e. The highest BCUT2D eigenvalue weighted by Gasteiger charge is 2.27. The molecule has 1 heterocycles. The van der Waals surface area contributed by atoms with Crippen LogP contribution in [0.1, 0.15) is 56.9 Å². The molecular weight excluding hydrogens is 303 g/mol. The van der Waals surface area contributed by atoms with Crippen molar-refractivity contribution >= 4 is 5.91 Å². The van der Waals surface area contributed by atoms with Crippen molar-refractivity contribution in [3.8, 4) is 0 Å². The zero-order valence-electron chi connectivity index (χ0n) is 14.5. The lowest BCUT2D eigenvalue weighted by molar-refractivity contribution is -0.134. The van der Waals surface area contributed by atoms with Gasteiger partial charge in [-0.15, -0.1) is 0 Å². The highest BCUT2D eigenvalue weighted by molar-refractivity contribution is 5.76. The smallest absolute Gasteiger partial charge is 0.223 e. The fraction of sp³-hybridized carbons (Fsp3) is 0.650. The van der Waals surface area contributed by atoms with Crippen LogP contribution in [-0.2, 0) is 11.3 Å². The maximum absolute atomic E-state index is 13.5. The van der Waals surface area contributed by atoms with Crippen molar-refractivity contribution in [3.05, 3.63) is 35.6 Å². The third-order valence-electron chi connectivity index (χ3n) is 5.55. The molecule has 1 aliphatic carbocycles. The number of rotatable bonds is 6. The average Bonchev–Trinajstić information content (AvgIpc) is 3.13. The molecule has 0 aromatic heterocycles. The highest BCUT2D eigenvalue weighted by Crippen LogP contribution is 2.27. The molecular formula is C20H29FN2O. The van der Waals surface area contributed by atoms with Gasteiger partial charge in [0.05, 0.1) is 0 Å². The first-order valence-electron chi connectivity index (χ1n) is 9.47. The minimum atomic E-state index is -0.221. The van der Waals surface area contributed by atoms with Crippen molar-refractivity contribution in [2.24, 2.45) is 5.92 Å². The maximum atomic E-state index is 13.5. The van der Waals surface area contributed by atoms with E-state index < -0.39 is 0 Å². The monoisotopic (exact) mass is 332 g/mol. The fourth-order valence-corrected chi connectivity index (χ4v) is 4.11. The lowest BCUT2D eigenvalue weighted by Crippen LogP contribution is -2.38. The summed E-state index contributed by atoms with van der Waals surface area (Å²) in [6.07, 6.45) is 8.57.